The molecule has 40 heavy (non-hydrogen) atoms. The summed E-state index contributed by atoms with van der Waals surface area (Å²) in [5.41, 5.74) is 0.921. The van der Waals surface area contributed by atoms with Crippen LogP contribution in [0.3, 0.4) is 0 Å². The Hall–Kier alpha value is -3.98. The van der Waals surface area contributed by atoms with Gasteiger partial charge in [-0.2, -0.15) is 13.2 Å². The number of H-pyrrole nitrogens is 1. The first-order valence-electron chi connectivity index (χ1n) is 11.9. The van der Waals surface area contributed by atoms with Crippen molar-refractivity contribution < 1.29 is 42.4 Å². The second-order valence-electron chi connectivity index (χ2n) is 9.43. The molecule has 0 saturated heterocycles. The Morgan fingerprint density at radius 3 is 2.65 bits per heavy atom. The van der Waals surface area contributed by atoms with Crippen LogP contribution in [0.25, 0.3) is 11.3 Å². The molecule has 11 nitrogen and oxygen atoms in total. The van der Waals surface area contributed by atoms with Gasteiger partial charge < -0.3 is 40.5 Å². The van der Waals surface area contributed by atoms with Crippen LogP contribution in [0, 0.1) is 0 Å². The molecule has 2 aromatic heterocycles. The lowest BCUT2D eigenvalue weighted by Gasteiger charge is -2.31. The first-order valence-corrected chi connectivity index (χ1v) is 11.9. The van der Waals surface area contributed by atoms with Crippen molar-refractivity contribution in [3.8, 4) is 22.8 Å². The van der Waals surface area contributed by atoms with Crippen LogP contribution in [0.1, 0.15) is 34.1 Å². The number of rotatable bonds is 9. The average molecular weight is 565 g/mol. The first kappa shape index (κ1) is 29.0. The van der Waals surface area contributed by atoms with Gasteiger partial charge in [0, 0.05) is 34.5 Å². The number of aliphatic hydroxyl groups excluding tert-OH is 1. The zero-order valence-corrected chi connectivity index (χ0v) is 21.5. The number of pyridine rings is 2. The van der Waals surface area contributed by atoms with E-state index < -0.39 is 47.8 Å². The quantitative estimate of drug-likeness (QED) is 0.243. The van der Waals surface area contributed by atoms with E-state index >= 15 is 0 Å². The number of aromatic amines is 1. The molecule has 14 heteroatoms. The Morgan fingerprint density at radius 1 is 1.27 bits per heavy atom. The molecule has 0 spiro atoms. The second-order valence-corrected chi connectivity index (χ2v) is 9.43. The molecule has 0 aliphatic carbocycles. The molecule has 0 bridgehead atoms. The highest BCUT2D eigenvalue weighted by molar-refractivity contribution is 5.94. The Labute approximate surface area is 225 Å². The number of nitrogens with one attached hydrogen (secondary N) is 2. The summed E-state index contributed by atoms with van der Waals surface area (Å²) in [4.78, 5) is 30.9. The fourth-order valence-corrected chi connectivity index (χ4v) is 4.18. The summed E-state index contributed by atoms with van der Waals surface area (Å²) in [6.07, 6.45) is -4.03. The van der Waals surface area contributed by atoms with E-state index in [0.29, 0.717) is 5.56 Å². The highest BCUT2D eigenvalue weighted by Gasteiger charge is 2.57. The van der Waals surface area contributed by atoms with Crippen molar-refractivity contribution >= 4 is 5.91 Å². The van der Waals surface area contributed by atoms with E-state index in [1.165, 1.54) is 43.6 Å². The number of hydrogen-bond acceptors (Lipinski definition) is 9. The van der Waals surface area contributed by atoms with Gasteiger partial charge in [0.15, 0.2) is 5.75 Å². The second kappa shape index (κ2) is 10.9. The van der Waals surface area contributed by atoms with Crippen molar-refractivity contribution in [3.63, 3.8) is 0 Å². The molecule has 4 rings (SSSR count). The van der Waals surface area contributed by atoms with Gasteiger partial charge in [-0.05, 0) is 31.2 Å². The number of amides is 1. The number of methoxy groups -OCH3 is 1. The maximum absolute atomic E-state index is 14.5. The van der Waals surface area contributed by atoms with E-state index in [9.17, 15) is 27.9 Å². The van der Waals surface area contributed by atoms with E-state index in [1.807, 2.05) is 0 Å². The van der Waals surface area contributed by atoms with Crippen molar-refractivity contribution in [2.75, 3.05) is 27.1 Å². The third-order valence-electron chi connectivity index (χ3n) is 6.46. The molecule has 1 aromatic carbocycles. The Morgan fingerprint density at radius 2 is 2.02 bits per heavy atom. The summed E-state index contributed by atoms with van der Waals surface area (Å²) in [5, 5.41) is 22.0. The van der Waals surface area contributed by atoms with Crippen LogP contribution in [0.4, 0.5) is 13.2 Å². The monoisotopic (exact) mass is 564 g/mol. The van der Waals surface area contributed by atoms with Crippen molar-refractivity contribution in [2.24, 2.45) is 5.73 Å². The normalized spacial score (nSPS) is 18.0. The van der Waals surface area contributed by atoms with Gasteiger partial charge in [-0.3, -0.25) is 9.59 Å². The predicted octanol–water partition coefficient (Wildman–Crippen LogP) is 1.66. The molecule has 1 aliphatic heterocycles. The number of aliphatic hydroxyl groups is 2. The van der Waals surface area contributed by atoms with Crippen molar-refractivity contribution in [1.29, 1.82) is 0 Å². The number of ether oxygens (including phenoxy) is 3. The smallest absolute Gasteiger partial charge is 0.424 e. The molecule has 0 radical (unpaired) electrons. The van der Waals surface area contributed by atoms with Crippen LogP contribution in [0.15, 0.2) is 47.4 Å². The number of hydrogen-bond donors (Lipinski definition) is 5. The average Bonchev–Trinajstić information content (AvgIpc) is 3.23. The van der Waals surface area contributed by atoms with Crippen molar-refractivity contribution in [3.05, 3.63) is 75.3 Å². The van der Waals surface area contributed by atoms with Crippen LogP contribution >= 0.6 is 0 Å². The van der Waals surface area contributed by atoms with Crippen LogP contribution in [0.2, 0.25) is 0 Å². The number of alkyl halides is 3. The summed E-state index contributed by atoms with van der Waals surface area (Å²) in [7, 11) is 1.33. The highest BCUT2D eigenvalue weighted by Crippen LogP contribution is 2.46. The minimum atomic E-state index is -5.28. The SMILES string of the molecule is COc1cc(C(=O)NCC(O)(c2cc3c(c(-c4ccc(=O)[nH]c4)n2)OCC3(C)N)C(F)(F)F)ccc1COCO. The first-order chi connectivity index (χ1) is 18.8. The van der Waals surface area contributed by atoms with E-state index in [-0.39, 0.29) is 47.1 Å². The molecular formula is C26H27F3N4O7. The van der Waals surface area contributed by atoms with E-state index in [0.717, 1.165) is 6.07 Å². The number of nitrogens with zero attached hydrogens (tertiary/aromatic N) is 1. The van der Waals surface area contributed by atoms with Gasteiger partial charge >= 0.3 is 6.18 Å². The maximum Gasteiger partial charge on any atom is 0.424 e. The molecule has 2 atom stereocenters. The zero-order valence-electron chi connectivity index (χ0n) is 21.5. The topological polar surface area (TPSA) is 169 Å². The molecule has 3 heterocycles. The summed E-state index contributed by atoms with van der Waals surface area (Å²) in [6.45, 7) is -0.368. The van der Waals surface area contributed by atoms with Gasteiger partial charge in [-0.15, -0.1) is 0 Å². The number of carbonyl (C=O) groups excluding carboxylic acids is 1. The Balaban J connectivity index is 1.72. The van der Waals surface area contributed by atoms with Crippen molar-refractivity contribution in [2.45, 2.75) is 30.8 Å². The third-order valence-corrected chi connectivity index (χ3v) is 6.46. The van der Waals surface area contributed by atoms with Gasteiger partial charge in [0.1, 0.15) is 24.8 Å². The summed E-state index contributed by atoms with van der Waals surface area (Å²) in [5.74, 6) is -0.600. The van der Waals surface area contributed by atoms with Gasteiger partial charge in [-0.25, -0.2) is 4.98 Å². The maximum atomic E-state index is 14.5. The van der Waals surface area contributed by atoms with Gasteiger partial charge in [-0.1, -0.05) is 6.07 Å². The largest absolute Gasteiger partial charge is 0.496 e. The third kappa shape index (κ3) is 5.51. The Kier molecular flexibility index (Phi) is 7.90. The number of fused-ring (bicyclic) bond motifs is 1. The molecule has 214 valence electrons. The van der Waals surface area contributed by atoms with Crippen LogP contribution in [-0.4, -0.2) is 59.3 Å². The number of benzene rings is 1. The van der Waals surface area contributed by atoms with E-state index in [1.54, 1.807) is 6.92 Å². The van der Waals surface area contributed by atoms with Gasteiger partial charge in [0.2, 0.25) is 11.2 Å². The number of aromatic nitrogens is 2. The van der Waals surface area contributed by atoms with Crippen LogP contribution in [-0.2, 0) is 22.5 Å². The fourth-order valence-electron chi connectivity index (χ4n) is 4.18. The van der Waals surface area contributed by atoms with E-state index in [2.05, 4.69) is 15.3 Å². The molecular weight excluding hydrogens is 537 g/mol. The minimum Gasteiger partial charge on any atom is -0.496 e. The fraction of sp³-hybridized carbons (Fsp3) is 0.346. The van der Waals surface area contributed by atoms with E-state index in [4.69, 9.17) is 25.1 Å². The molecule has 6 N–H and O–H groups in total. The molecule has 1 amide bonds. The summed E-state index contributed by atoms with van der Waals surface area (Å²) < 4.78 is 59.1. The van der Waals surface area contributed by atoms with Gasteiger partial charge in [0.25, 0.3) is 5.91 Å². The lowest BCUT2D eigenvalue weighted by Crippen LogP contribution is -2.51. The lowest BCUT2D eigenvalue weighted by atomic mass is 9.89. The van der Waals surface area contributed by atoms with Crippen molar-refractivity contribution in [1.82, 2.24) is 15.3 Å². The number of halogens is 3. The summed E-state index contributed by atoms with van der Waals surface area (Å²) >= 11 is 0. The molecule has 0 saturated carbocycles. The predicted molar refractivity (Wildman–Crippen MR) is 134 cm³/mol. The zero-order chi connectivity index (χ0) is 29.3. The number of carbonyl (C=O) groups is 1. The van der Waals surface area contributed by atoms with Crippen LogP contribution in [0.5, 0.6) is 11.5 Å². The molecule has 0 fully saturated rings. The highest BCUT2D eigenvalue weighted by atomic mass is 19.4. The molecule has 2 unspecified atom stereocenters. The van der Waals surface area contributed by atoms with Crippen LogP contribution < -0.4 is 26.1 Å². The van der Waals surface area contributed by atoms with Gasteiger partial charge in [0.05, 0.1) is 31.5 Å². The molecule has 1 aliphatic rings. The number of nitrogens with two attached hydrogens (primary N) is 1. The molecule has 3 aromatic rings. The Bertz CT molecular complexity index is 1460. The summed E-state index contributed by atoms with van der Waals surface area (Å²) in [6, 6.07) is 7.60. The standard InChI is InChI=1S/C26H27F3N4O7/c1-24(30)12-40-22-17(24)8-19(33-21(22)15-5-6-20(35)31-9-15)25(37,26(27,28)29)11-32-23(36)14-3-4-16(10-39-13-34)18(7-14)38-2/h3-9,34,37H,10-13,30H2,1-2H3,(H,31,35)(H,32,36). The minimum absolute atomic E-state index is 0.0270. The lowest BCUT2D eigenvalue weighted by molar-refractivity contribution is -0.265.